The van der Waals surface area contributed by atoms with Crippen LogP contribution in [0, 0.1) is 5.41 Å². The summed E-state index contributed by atoms with van der Waals surface area (Å²) in [5.74, 6) is -1.19. The van der Waals surface area contributed by atoms with Crippen molar-refractivity contribution in [1.82, 2.24) is 0 Å². The van der Waals surface area contributed by atoms with Gasteiger partial charge in [0.1, 0.15) is 11.2 Å². The van der Waals surface area contributed by atoms with E-state index in [1.54, 1.807) is 53.7 Å². The molecule has 0 heterocycles. The highest BCUT2D eigenvalue weighted by Gasteiger charge is 2.51. The second kappa shape index (κ2) is 10.2. The highest BCUT2D eigenvalue weighted by Crippen LogP contribution is 2.35. The fourth-order valence-electron chi connectivity index (χ4n) is 3.43. The molecular formula is C29H36O4. The number of hydrogen-bond acceptors (Lipinski definition) is 4. The maximum Gasteiger partial charge on any atom is 0.324 e. The zero-order valence-electron chi connectivity index (χ0n) is 20.7. The van der Waals surface area contributed by atoms with E-state index in [9.17, 15) is 9.59 Å². The van der Waals surface area contributed by atoms with Crippen molar-refractivity contribution in [2.75, 3.05) is 0 Å². The van der Waals surface area contributed by atoms with Gasteiger partial charge in [0.2, 0.25) is 0 Å². The van der Waals surface area contributed by atoms with E-state index in [0.29, 0.717) is 0 Å². The van der Waals surface area contributed by atoms with Crippen molar-refractivity contribution in [3.63, 3.8) is 0 Å². The Labute approximate surface area is 198 Å². The summed E-state index contributed by atoms with van der Waals surface area (Å²) in [6, 6.07) is 15.3. The maximum absolute atomic E-state index is 13.7. The average Bonchev–Trinajstić information content (AvgIpc) is 2.71. The fraction of sp³-hybridized carbons (Fsp3) is 0.379. The zero-order chi connectivity index (χ0) is 24.9. The Morgan fingerprint density at radius 3 is 1.21 bits per heavy atom. The number of carbonyl (C=O) groups excluding carboxylic acids is 2. The number of benzene rings is 2. The molecule has 4 nitrogen and oxygen atoms in total. The molecule has 0 saturated heterocycles. The molecule has 33 heavy (non-hydrogen) atoms. The van der Waals surface area contributed by atoms with Crippen molar-refractivity contribution in [1.29, 1.82) is 0 Å². The van der Waals surface area contributed by atoms with Crippen molar-refractivity contribution in [3.05, 3.63) is 83.9 Å². The normalized spacial score (nSPS) is 12.1. The van der Waals surface area contributed by atoms with Gasteiger partial charge >= 0.3 is 11.9 Å². The van der Waals surface area contributed by atoms with Crippen LogP contribution >= 0.6 is 0 Å². The first-order chi connectivity index (χ1) is 15.3. The van der Waals surface area contributed by atoms with E-state index in [2.05, 4.69) is 13.2 Å². The molecule has 0 aromatic heterocycles. The fourth-order valence-corrected chi connectivity index (χ4v) is 3.43. The summed E-state index contributed by atoms with van der Waals surface area (Å²) in [7, 11) is 0. The predicted molar refractivity (Wildman–Crippen MR) is 135 cm³/mol. The zero-order valence-corrected chi connectivity index (χ0v) is 20.7. The Balaban J connectivity index is 2.62. The van der Waals surface area contributed by atoms with Gasteiger partial charge in [-0.1, -0.05) is 73.8 Å². The van der Waals surface area contributed by atoms with Crippen LogP contribution < -0.4 is 0 Å². The summed E-state index contributed by atoms with van der Waals surface area (Å²) in [5.41, 5.74) is 0.511. The van der Waals surface area contributed by atoms with Gasteiger partial charge in [-0.05, 0) is 76.6 Å². The Kier molecular flexibility index (Phi) is 8.07. The number of esters is 2. The minimum atomic E-state index is -1.55. The molecule has 2 aromatic carbocycles. The lowest BCUT2D eigenvalue weighted by molar-refractivity contribution is -0.185. The lowest BCUT2D eigenvalue weighted by Crippen LogP contribution is -2.49. The number of carbonyl (C=O) groups is 2. The summed E-state index contributed by atoms with van der Waals surface area (Å²) in [4.78, 5) is 27.4. The van der Waals surface area contributed by atoms with E-state index in [1.807, 2.05) is 48.5 Å². The van der Waals surface area contributed by atoms with Gasteiger partial charge in [-0.3, -0.25) is 9.59 Å². The van der Waals surface area contributed by atoms with Crippen LogP contribution in [0.3, 0.4) is 0 Å². The summed E-state index contributed by atoms with van der Waals surface area (Å²) in [6.07, 6.45) is 3.80. The predicted octanol–water partition coefficient (Wildman–Crippen LogP) is 6.43. The second-order valence-corrected chi connectivity index (χ2v) is 10.3. The SMILES string of the molecule is C=Cc1ccc(CC(Cc2ccc(C=C)cc2)(C(=O)OC(C)(C)C)C(=O)OC(C)(C)C)cc1. The molecule has 0 fully saturated rings. The first-order valence-corrected chi connectivity index (χ1v) is 11.2. The average molecular weight is 449 g/mol. The van der Waals surface area contributed by atoms with Gasteiger partial charge in [-0.15, -0.1) is 0 Å². The van der Waals surface area contributed by atoms with Gasteiger partial charge in [0, 0.05) is 0 Å². The second-order valence-electron chi connectivity index (χ2n) is 10.3. The van der Waals surface area contributed by atoms with Crippen LogP contribution in [0.4, 0.5) is 0 Å². The van der Waals surface area contributed by atoms with Gasteiger partial charge in [0.15, 0.2) is 5.41 Å². The molecule has 0 atom stereocenters. The van der Waals surface area contributed by atoms with Crippen LogP contribution in [0.5, 0.6) is 0 Å². The van der Waals surface area contributed by atoms with Crippen LogP contribution in [0.15, 0.2) is 61.7 Å². The van der Waals surface area contributed by atoms with Crippen LogP contribution in [0.1, 0.15) is 63.8 Å². The largest absolute Gasteiger partial charge is 0.459 e. The monoisotopic (exact) mass is 448 g/mol. The van der Waals surface area contributed by atoms with Crippen LogP contribution in [0.25, 0.3) is 12.2 Å². The molecule has 0 aliphatic carbocycles. The first kappa shape index (κ1) is 26.1. The van der Waals surface area contributed by atoms with Crippen molar-refractivity contribution < 1.29 is 19.1 Å². The third-order valence-electron chi connectivity index (χ3n) is 5.02. The van der Waals surface area contributed by atoms with Gasteiger partial charge in [0.25, 0.3) is 0 Å². The Hall–Kier alpha value is -3.14. The van der Waals surface area contributed by atoms with Gasteiger partial charge in [-0.2, -0.15) is 0 Å². The molecule has 0 unspecified atom stereocenters. The topological polar surface area (TPSA) is 52.6 Å². The highest BCUT2D eigenvalue weighted by atomic mass is 16.6. The van der Waals surface area contributed by atoms with Crippen LogP contribution in [0.2, 0.25) is 0 Å². The van der Waals surface area contributed by atoms with Crippen LogP contribution in [-0.4, -0.2) is 23.1 Å². The third-order valence-corrected chi connectivity index (χ3v) is 5.02. The summed E-state index contributed by atoms with van der Waals surface area (Å²) < 4.78 is 11.6. The number of rotatable bonds is 8. The number of ether oxygens (including phenoxy) is 2. The smallest absolute Gasteiger partial charge is 0.324 e. The molecule has 4 heteroatoms. The number of hydrogen-bond donors (Lipinski definition) is 0. The maximum atomic E-state index is 13.7. The summed E-state index contributed by atoms with van der Waals surface area (Å²) in [6.45, 7) is 18.3. The Morgan fingerprint density at radius 2 is 0.970 bits per heavy atom. The van der Waals surface area contributed by atoms with E-state index in [1.165, 1.54) is 0 Å². The summed E-state index contributed by atoms with van der Waals surface area (Å²) >= 11 is 0. The molecule has 0 amide bonds. The standard InChI is InChI=1S/C29H36O4/c1-9-21-11-15-23(16-12-21)19-29(25(30)32-27(3,4)5,26(31)33-28(6,7)8)20-24-17-13-22(10-2)14-18-24/h9-18H,1-2,19-20H2,3-8H3. The van der Waals surface area contributed by atoms with Crippen molar-refractivity contribution >= 4 is 24.1 Å². The minimum absolute atomic E-state index is 0.150. The van der Waals surface area contributed by atoms with E-state index < -0.39 is 28.6 Å². The van der Waals surface area contributed by atoms with E-state index in [0.717, 1.165) is 22.3 Å². The van der Waals surface area contributed by atoms with Gasteiger partial charge in [0.05, 0.1) is 0 Å². The lowest BCUT2D eigenvalue weighted by Gasteiger charge is -2.35. The quantitative estimate of drug-likeness (QED) is 0.345. The molecule has 0 bridgehead atoms. The molecule has 0 aliphatic heterocycles. The first-order valence-electron chi connectivity index (χ1n) is 11.2. The molecule has 2 rings (SSSR count). The molecule has 0 radical (unpaired) electrons. The minimum Gasteiger partial charge on any atom is -0.459 e. The molecule has 0 saturated carbocycles. The van der Waals surface area contributed by atoms with E-state index in [4.69, 9.17) is 9.47 Å². The van der Waals surface area contributed by atoms with Crippen molar-refractivity contribution in [2.24, 2.45) is 5.41 Å². The molecule has 0 spiro atoms. The molecular weight excluding hydrogens is 412 g/mol. The third kappa shape index (κ3) is 7.45. The van der Waals surface area contributed by atoms with E-state index >= 15 is 0 Å². The Morgan fingerprint density at radius 1 is 0.667 bits per heavy atom. The van der Waals surface area contributed by atoms with Crippen LogP contribution in [-0.2, 0) is 31.9 Å². The Bertz CT molecular complexity index is 900. The lowest BCUT2D eigenvalue weighted by atomic mass is 9.75. The van der Waals surface area contributed by atoms with Gasteiger partial charge in [-0.25, -0.2) is 0 Å². The van der Waals surface area contributed by atoms with Crippen molar-refractivity contribution in [2.45, 2.75) is 65.6 Å². The molecule has 0 aliphatic rings. The molecule has 176 valence electrons. The van der Waals surface area contributed by atoms with Gasteiger partial charge < -0.3 is 9.47 Å². The highest BCUT2D eigenvalue weighted by molar-refractivity contribution is 6.01. The summed E-state index contributed by atoms with van der Waals surface area (Å²) in [5, 5.41) is 0. The van der Waals surface area contributed by atoms with Crippen molar-refractivity contribution in [3.8, 4) is 0 Å². The van der Waals surface area contributed by atoms with E-state index in [-0.39, 0.29) is 12.8 Å². The molecule has 0 N–H and O–H groups in total. The molecule has 2 aromatic rings.